The van der Waals surface area contributed by atoms with Gasteiger partial charge < -0.3 is 9.97 Å². The smallest absolute Gasteiger partial charge is 0.0164 e. The first-order valence-electron chi connectivity index (χ1n) is 11.6. The van der Waals surface area contributed by atoms with Gasteiger partial charge in [-0.2, -0.15) is 0 Å². The third kappa shape index (κ3) is 3.67. The summed E-state index contributed by atoms with van der Waals surface area (Å²) in [6.45, 7) is 6.68. The molecule has 1 radical (unpaired) electrons. The molecule has 6 aromatic rings. The van der Waals surface area contributed by atoms with Crippen molar-refractivity contribution in [2.75, 3.05) is 0 Å². The predicted octanol–water partition coefficient (Wildman–Crippen LogP) is 7.84. The Balaban J connectivity index is 0.000000157. The van der Waals surface area contributed by atoms with Crippen molar-refractivity contribution in [2.24, 2.45) is 0 Å². The molecule has 0 saturated carbocycles. The SMILES string of the molecule is CC1(C)c2cccc3c4ccc[c-]c4c4nccc1c4c23.Cc1cccnc1-c1[c-]cccc1.[Ir]. The molecule has 0 atom stereocenters. The molecule has 0 N–H and O–H groups in total. The molecular formula is C32H24IrN2-2. The minimum absolute atomic E-state index is 0. The molecule has 35 heavy (non-hydrogen) atoms. The maximum atomic E-state index is 4.69. The molecule has 0 saturated heterocycles. The van der Waals surface area contributed by atoms with Crippen molar-refractivity contribution in [3.63, 3.8) is 0 Å². The Morgan fingerprint density at radius 1 is 0.686 bits per heavy atom. The van der Waals surface area contributed by atoms with E-state index in [1.54, 1.807) is 0 Å². The second-order valence-electron chi connectivity index (χ2n) is 9.34. The Morgan fingerprint density at radius 3 is 2.29 bits per heavy atom. The van der Waals surface area contributed by atoms with Gasteiger partial charge >= 0.3 is 0 Å². The van der Waals surface area contributed by atoms with E-state index in [9.17, 15) is 0 Å². The topological polar surface area (TPSA) is 25.8 Å². The minimum Gasteiger partial charge on any atom is -0.304 e. The zero-order valence-corrected chi connectivity index (χ0v) is 22.3. The number of benzene rings is 4. The number of hydrogen-bond acceptors (Lipinski definition) is 2. The van der Waals surface area contributed by atoms with Crippen LogP contribution in [0, 0.1) is 19.1 Å². The van der Waals surface area contributed by atoms with Crippen LogP contribution in [0.5, 0.6) is 0 Å². The number of hydrogen-bond donors (Lipinski definition) is 0. The summed E-state index contributed by atoms with van der Waals surface area (Å²) in [5.74, 6) is 0. The first-order valence-corrected chi connectivity index (χ1v) is 11.6. The summed E-state index contributed by atoms with van der Waals surface area (Å²) in [4.78, 5) is 9.01. The first-order chi connectivity index (χ1) is 16.6. The molecule has 2 heterocycles. The quantitative estimate of drug-likeness (QED) is 0.137. The van der Waals surface area contributed by atoms with Crippen LogP contribution in [0.2, 0.25) is 0 Å². The van der Waals surface area contributed by atoms with Crippen LogP contribution < -0.4 is 0 Å². The summed E-state index contributed by atoms with van der Waals surface area (Å²) < 4.78 is 0. The van der Waals surface area contributed by atoms with Crippen LogP contribution >= 0.6 is 0 Å². The van der Waals surface area contributed by atoms with Crippen LogP contribution in [0.1, 0.15) is 30.5 Å². The molecule has 0 unspecified atom stereocenters. The van der Waals surface area contributed by atoms with Crippen molar-refractivity contribution in [1.29, 1.82) is 0 Å². The third-order valence-electron chi connectivity index (χ3n) is 6.97. The van der Waals surface area contributed by atoms with Gasteiger partial charge in [-0.1, -0.05) is 54.4 Å². The fraction of sp³-hybridized carbons (Fsp3) is 0.125. The Bertz CT molecular complexity index is 1600. The number of nitrogens with zero attached hydrogens (tertiary/aromatic N) is 2. The Labute approximate surface area is 219 Å². The largest absolute Gasteiger partial charge is 0.304 e. The molecule has 1 aliphatic carbocycles. The van der Waals surface area contributed by atoms with Crippen molar-refractivity contribution in [2.45, 2.75) is 26.2 Å². The molecule has 2 aromatic heterocycles. The van der Waals surface area contributed by atoms with Gasteiger partial charge in [-0.15, -0.1) is 65.5 Å². The van der Waals surface area contributed by atoms with Gasteiger partial charge in [0.05, 0.1) is 0 Å². The van der Waals surface area contributed by atoms with Crippen molar-refractivity contribution in [3.8, 4) is 11.3 Å². The van der Waals surface area contributed by atoms with E-state index in [0.29, 0.717) is 0 Å². The van der Waals surface area contributed by atoms with Crippen molar-refractivity contribution < 1.29 is 20.1 Å². The second kappa shape index (κ2) is 9.00. The standard InChI is InChI=1S/C20H14N.C12H10N.Ir/c1-20(2)15-9-5-8-13-12-6-3-4-7-14(12)19-18(17(13)15)16(20)10-11-21-19;1-10-6-5-9-13-12(10)11-7-3-2-4-8-11;/h3-6,8-11H,1-2H3;2-7,9H,1H3;/q2*-1;. The summed E-state index contributed by atoms with van der Waals surface area (Å²) >= 11 is 0. The Morgan fingerprint density at radius 2 is 1.49 bits per heavy atom. The zero-order valence-electron chi connectivity index (χ0n) is 19.9. The molecule has 1 aliphatic rings. The fourth-order valence-electron chi connectivity index (χ4n) is 5.30. The first kappa shape index (κ1) is 23.4. The van der Waals surface area contributed by atoms with Gasteiger partial charge in [0.2, 0.25) is 0 Å². The normalized spacial score (nSPS) is 13.0. The molecule has 2 nitrogen and oxygen atoms in total. The maximum Gasteiger partial charge on any atom is 0.0164 e. The van der Waals surface area contributed by atoms with Gasteiger partial charge in [0.25, 0.3) is 0 Å². The van der Waals surface area contributed by atoms with E-state index < -0.39 is 0 Å². The molecule has 0 fully saturated rings. The van der Waals surface area contributed by atoms with Crippen molar-refractivity contribution in [3.05, 3.63) is 120 Å². The van der Waals surface area contributed by atoms with Crippen LogP contribution in [0.4, 0.5) is 0 Å². The predicted molar refractivity (Wildman–Crippen MR) is 141 cm³/mol. The van der Waals surface area contributed by atoms with E-state index in [4.69, 9.17) is 0 Å². The number of aromatic nitrogens is 2. The average molecular weight is 629 g/mol. The minimum atomic E-state index is 0. The van der Waals surface area contributed by atoms with Crippen LogP contribution in [0.25, 0.3) is 43.7 Å². The summed E-state index contributed by atoms with van der Waals surface area (Å²) in [5.41, 5.74) is 7.19. The van der Waals surface area contributed by atoms with Gasteiger partial charge in [-0.05, 0) is 52.2 Å². The molecule has 0 aliphatic heterocycles. The number of aryl methyl sites for hydroxylation is 1. The molecule has 3 heteroatoms. The zero-order chi connectivity index (χ0) is 23.3. The van der Waals surface area contributed by atoms with Crippen molar-refractivity contribution >= 4 is 32.4 Å². The second-order valence-corrected chi connectivity index (χ2v) is 9.34. The van der Waals surface area contributed by atoms with E-state index in [1.807, 2.05) is 48.8 Å². The van der Waals surface area contributed by atoms with E-state index in [-0.39, 0.29) is 25.5 Å². The monoisotopic (exact) mass is 629 g/mol. The van der Waals surface area contributed by atoms with Gasteiger partial charge in [0.15, 0.2) is 0 Å². The number of fused-ring (bicyclic) bond motifs is 3. The van der Waals surface area contributed by atoms with E-state index in [2.05, 4.69) is 85.3 Å². The summed E-state index contributed by atoms with van der Waals surface area (Å²) in [7, 11) is 0. The average Bonchev–Trinajstić information content (AvgIpc) is 3.12. The number of pyridine rings is 2. The van der Waals surface area contributed by atoms with Crippen LogP contribution in [0.15, 0.2) is 91.3 Å². The molecule has 0 bridgehead atoms. The number of rotatable bonds is 1. The maximum absolute atomic E-state index is 4.69. The van der Waals surface area contributed by atoms with Gasteiger partial charge in [0.1, 0.15) is 0 Å². The van der Waals surface area contributed by atoms with Gasteiger partial charge in [0, 0.05) is 37.9 Å². The molecule has 173 valence electrons. The molecule has 4 aromatic carbocycles. The van der Waals surface area contributed by atoms with Crippen molar-refractivity contribution in [1.82, 2.24) is 9.97 Å². The van der Waals surface area contributed by atoms with E-state index in [1.165, 1.54) is 38.2 Å². The van der Waals surface area contributed by atoms with E-state index in [0.717, 1.165) is 22.2 Å². The summed E-state index contributed by atoms with van der Waals surface area (Å²) in [5, 5.41) is 6.42. The molecular weight excluding hydrogens is 605 g/mol. The summed E-state index contributed by atoms with van der Waals surface area (Å²) in [6, 6.07) is 33.5. The Kier molecular flexibility index (Phi) is 6.00. The Hall–Kier alpha value is -3.39. The summed E-state index contributed by atoms with van der Waals surface area (Å²) in [6.07, 6.45) is 3.75. The van der Waals surface area contributed by atoms with Gasteiger partial charge in [-0.3, -0.25) is 0 Å². The molecule has 0 spiro atoms. The van der Waals surface area contributed by atoms with E-state index >= 15 is 0 Å². The van der Waals surface area contributed by atoms with Gasteiger partial charge in [-0.25, -0.2) is 0 Å². The van der Waals surface area contributed by atoms with Crippen LogP contribution in [0.3, 0.4) is 0 Å². The van der Waals surface area contributed by atoms with Crippen LogP contribution in [-0.4, -0.2) is 9.97 Å². The molecule has 0 amide bonds. The van der Waals surface area contributed by atoms with Crippen LogP contribution in [-0.2, 0) is 25.5 Å². The molecule has 7 rings (SSSR count). The fourth-order valence-corrected chi connectivity index (χ4v) is 5.30. The third-order valence-corrected chi connectivity index (χ3v) is 6.97.